The van der Waals surface area contributed by atoms with Crippen LogP contribution < -0.4 is 5.32 Å². The van der Waals surface area contributed by atoms with Crippen molar-refractivity contribution in [3.8, 4) is 11.4 Å². The Morgan fingerprint density at radius 2 is 2.00 bits per heavy atom. The third-order valence-electron chi connectivity index (χ3n) is 3.44. The van der Waals surface area contributed by atoms with E-state index in [2.05, 4.69) is 20.1 Å². The third kappa shape index (κ3) is 2.46. The zero-order valence-corrected chi connectivity index (χ0v) is 10.8. The number of aliphatic hydroxyl groups is 1. The lowest BCUT2D eigenvalue weighted by molar-refractivity contribution is 0.311. The van der Waals surface area contributed by atoms with E-state index in [4.69, 9.17) is 5.11 Å². The standard InChI is InChI=1S/C14H18N4O/c19-10-8-15-12-6-4-11(5-7-12)14-17-16-13-3-1-2-9-18(13)14/h4-7,15,19H,1-3,8-10H2. The number of benzene rings is 1. The fourth-order valence-electron chi connectivity index (χ4n) is 2.46. The summed E-state index contributed by atoms with van der Waals surface area (Å²) in [7, 11) is 0. The fourth-order valence-corrected chi connectivity index (χ4v) is 2.46. The number of aliphatic hydroxyl groups excluding tert-OH is 1. The second-order valence-corrected chi connectivity index (χ2v) is 4.78. The molecule has 0 fully saturated rings. The number of aromatic nitrogens is 3. The number of aryl methyl sites for hydroxylation is 1. The van der Waals surface area contributed by atoms with Crippen molar-refractivity contribution in [3.63, 3.8) is 0 Å². The Hall–Kier alpha value is -1.88. The summed E-state index contributed by atoms with van der Waals surface area (Å²) in [4.78, 5) is 0. The lowest BCUT2D eigenvalue weighted by Crippen LogP contribution is -2.11. The van der Waals surface area contributed by atoms with Crippen LogP contribution in [0.3, 0.4) is 0 Å². The summed E-state index contributed by atoms with van der Waals surface area (Å²) in [5.74, 6) is 2.06. The molecule has 1 aliphatic rings. The zero-order valence-electron chi connectivity index (χ0n) is 10.8. The van der Waals surface area contributed by atoms with Crippen LogP contribution in [0.4, 0.5) is 5.69 Å². The summed E-state index contributed by atoms with van der Waals surface area (Å²) in [5, 5.41) is 20.5. The quantitative estimate of drug-likeness (QED) is 0.876. The third-order valence-corrected chi connectivity index (χ3v) is 3.44. The molecule has 19 heavy (non-hydrogen) atoms. The van der Waals surface area contributed by atoms with E-state index in [1.807, 2.05) is 24.3 Å². The Morgan fingerprint density at radius 1 is 1.16 bits per heavy atom. The van der Waals surface area contributed by atoms with Gasteiger partial charge in [-0.2, -0.15) is 0 Å². The summed E-state index contributed by atoms with van der Waals surface area (Å²) >= 11 is 0. The molecule has 0 saturated heterocycles. The minimum Gasteiger partial charge on any atom is -0.395 e. The summed E-state index contributed by atoms with van der Waals surface area (Å²) < 4.78 is 2.22. The van der Waals surface area contributed by atoms with Gasteiger partial charge < -0.3 is 15.0 Å². The Kier molecular flexibility index (Phi) is 3.46. The number of nitrogens with one attached hydrogen (secondary N) is 1. The van der Waals surface area contributed by atoms with Crippen LogP contribution in [0, 0.1) is 0 Å². The van der Waals surface area contributed by atoms with Gasteiger partial charge in [0, 0.05) is 30.8 Å². The number of hydrogen-bond donors (Lipinski definition) is 2. The molecule has 0 saturated carbocycles. The van der Waals surface area contributed by atoms with Crippen molar-refractivity contribution in [1.82, 2.24) is 14.8 Å². The molecule has 2 aromatic rings. The molecule has 1 aromatic heterocycles. The van der Waals surface area contributed by atoms with E-state index in [1.54, 1.807) is 0 Å². The Balaban J connectivity index is 1.84. The highest BCUT2D eigenvalue weighted by Crippen LogP contribution is 2.24. The molecule has 0 spiro atoms. The molecule has 1 aromatic carbocycles. The van der Waals surface area contributed by atoms with Gasteiger partial charge in [-0.05, 0) is 37.1 Å². The predicted molar refractivity (Wildman–Crippen MR) is 74.0 cm³/mol. The summed E-state index contributed by atoms with van der Waals surface area (Å²) in [5.41, 5.74) is 2.10. The molecule has 0 radical (unpaired) electrons. The first-order chi connectivity index (χ1) is 9.38. The smallest absolute Gasteiger partial charge is 0.163 e. The highest BCUT2D eigenvalue weighted by atomic mass is 16.3. The number of anilines is 1. The maximum atomic E-state index is 8.78. The van der Waals surface area contributed by atoms with E-state index < -0.39 is 0 Å². The monoisotopic (exact) mass is 258 g/mol. The van der Waals surface area contributed by atoms with Crippen LogP contribution in [-0.4, -0.2) is 33.0 Å². The van der Waals surface area contributed by atoms with Crippen LogP contribution >= 0.6 is 0 Å². The molecular formula is C14H18N4O. The average molecular weight is 258 g/mol. The second-order valence-electron chi connectivity index (χ2n) is 4.78. The summed E-state index contributed by atoms with van der Waals surface area (Å²) in [6.45, 7) is 1.72. The van der Waals surface area contributed by atoms with Gasteiger partial charge in [0.25, 0.3) is 0 Å². The first-order valence-corrected chi connectivity index (χ1v) is 6.76. The summed E-state index contributed by atoms with van der Waals surface area (Å²) in [6, 6.07) is 8.11. The molecule has 100 valence electrons. The van der Waals surface area contributed by atoms with Crippen molar-refractivity contribution in [1.29, 1.82) is 0 Å². The Bertz CT molecular complexity index is 547. The molecule has 5 nitrogen and oxygen atoms in total. The molecule has 0 amide bonds. The maximum Gasteiger partial charge on any atom is 0.163 e. The molecule has 0 atom stereocenters. The van der Waals surface area contributed by atoms with Crippen LogP contribution in [0.25, 0.3) is 11.4 Å². The molecule has 0 bridgehead atoms. The van der Waals surface area contributed by atoms with Gasteiger partial charge >= 0.3 is 0 Å². The van der Waals surface area contributed by atoms with Crippen molar-refractivity contribution in [2.24, 2.45) is 0 Å². The normalized spacial score (nSPS) is 14.2. The predicted octanol–water partition coefficient (Wildman–Crippen LogP) is 1.69. The second kappa shape index (κ2) is 5.40. The van der Waals surface area contributed by atoms with Crippen LogP contribution in [0.1, 0.15) is 18.7 Å². The fraction of sp³-hybridized carbons (Fsp3) is 0.429. The first kappa shape index (κ1) is 12.2. The van der Waals surface area contributed by atoms with Crippen LogP contribution in [0.5, 0.6) is 0 Å². The Morgan fingerprint density at radius 3 is 2.79 bits per heavy atom. The zero-order chi connectivity index (χ0) is 13.1. The highest BCUT2D eigenvalue weighted by Gasteiger charge is 2.16. The van der Waals surface area contributed by atoms with E-state index >= 15 is 0 Å². The van der Waals surface area contributed by atoms with Gasteiger partial charge in [0.2, 0.25) is 0 Å². The van der Waals surface area contributed by atoms with Crippen molar-refractivity contribution in [3.05, 3.63) is 30.1 Å². The molecule has 0 aliphatic carbocycles. The number of hydrogen-bond acceptors (Lipinski definition) is 4. The molecule has 3 rings (SSSR count). The molecule has 0 unspecified atom stereocenters. The van der Waals surface area contributed by atoms with Crippen LogP contribution in [0.2, 0.25) is 0 Å². The first-order valence-electron chi connectivity index (χ1n) is 6.76. The topological polar surface area (TPSA) is 63.0 Å². The lowest BCUT2D eigenvalue weighted by Gasteiger charge is -2.14. The highest BCUT2D eigenvalue weighted by molar-refractivity contribution is 5.60. The minimum absolute atomic E-state index is 0.138. The van der Waals surface area contributed by atoms with Crippen molar-refractivity contribution in [2.45, 2.75) is 25.8 Å². The number of nitrogens with zero attached hydrogens (tertiary/aromatic N) is 3. The van der Waals surface area contributed by atoms with Gasteiger partial charge in [0.05, 0.1) is 6.61 Å². The molecule has 2 N–H and O–H groups in total. The van der Waals surface area contributed by atoms with Crippen LogP contribution in [0.15, 0.2) is 24.3 Å². The lowest BCUT2D eigenvalue weighted by atomic mass is 10.1. The van der Waals surface area contributed by atoms with E-state index in [0.29, 0.717) is 6.54 Å². The molecule has 5 heteroatoms. The number of rotatable bonds is 4. The van der Waals surface area contributed by atoms with Crippen molar-refractivity contribution < 1.29 is 5.11 Å². The molecular weight excluding hydrogens is 240 g/mol. The van der Waals surface area contributed by atoms with Gasteiger partial charge in [0.15, 0.2) is 5.82 Å². The van der Waals surface area contributed by atoms with Crippen molar-refractivity contribution >= 4 is 5.69 Å². The van der Waals surface area contributed by atoms with E-state index in [1.165, 1.54) is 12.8 Å². The van der Waals surface area contributed by atoms with Gasteiger partial charge in [-0.1, -0.05) is 0 Å². The molecule has 2 heterocycles. The SMILES string of the molecule is OCCNc1ccc(-c2nnc3n2CCCC3)cc1. The van der Waals surface area contributed by atoms with E-state index in [0.717, 1.165) is 35.9 Å². The van der Waals surface area contributed by atoms with Gasteiger partial charge in [0.1, 0.15) is 5.82 Å². The van der Waals surface area contributed by atoms with Gasteiger partial charge in [-0.15, -0.1) is 10.2 Å². The van der Waals surface area contributed by atoms with Crippen LogP contribution in [-0.2, 0) is 13.0 Å². The van der Waals surface area contributed by atoms with Gasteiger partial charge in [-0.3, -0.25) is 0 Å². The summed E-state index contributed by atoms with van der Waals surface area (Å²) in [6.07, 6.45) is 3.44. The number of fused-ring (bicyclic) bond motifs is 1. The largest absolute Gasteiger partial charge is 0.395 e. The molecule has 1 aliphatic heterocycles. The van der Waals surface area contributed by atoms with Crippen molar-refractivity contribution in [2.75, 3.05) is 18.5 Å². The van der Waals surface area contributed by atoms with E-state index in [-0.39, 0.29) is 6.61 Å². The average Bonchev–Trinajstić information content (AvgIpc) is 2.90. The maximum absolute atomic E-state index is 8.78. The Labute approximate surface area is 112 Å². The van der Waals surface area contributed by atoms with E-state index in [9.17, 15) is 0 Å². The van der Waals surface area contributed by atoms with Gasteiger partial charge in [-0.25, -0.2) is 0 Å². The minimum atomic E-state index is 0.138.